The summed E-state index contributed by atoms with van der Waals surface area (Å²) < 4.78 is 0. The Morgan fingerprint density at radius 2 is 2.00 bits per heavy atom. The van der Waals surface area contributed by atoms with Crippen LogP contribution in [0.15, 0.2) is 18.3 Å². The maximum atomic E-state index is 9.59. The Hall–Kier alpha value is -0.865. The summed E-state index contributed by atoms with van der Waals surface area (Å²) in [5, 5.41) is 18.8. The molecule has 0 amide bonds. The SMILES string of the molecule is CB(O)c1ccc(C(C)(C)O)nc1. The molecule has 0 saturated heterocycles. The van der Waals surface area contributed by atoms with Crippen LogP contribution in [0.3, 0.4) is 0 Å². The topological polar surface area (TPSA) is 53.4 Å². The van der Waals surface area contributed by atoms with Gasteiger partial charge in [0.2, 0.25) is 0 Å². The van der Waals surface area contributed by atoms with Crippen molar-refractivity contribution in [3.8, 4) is 0 Å². The van der Waals surface area contributed by atoms with E-state index in [0.29, 0.717) is 5.69 Å². The second-order valence-electron chi connectivity index (χ2n) is 3.71. The van der Waals surface area contributed by atoms with Gasteiger partial charge >= 0.3 is 6.92 Å². The average Bonchev–Trinajstić information content (AvgIpc) is 2.03. The van der Waals surface area contributed by atoms with E-state index in [0.717, 1.165) is 5.46 Å². The van der Waals surface area contributed by atoms with Crippen molar-refractivity contribution in [2.75, 3.05) is 0 Å². The van der Waals surface area contributed by atoms with Gasteiger partial charge in [-0.2, -0.15) is 0 Å². The molecule has 4 heteroatoms. The monoisotopic (exact) mass is 179 g/mol. The van der Waals surface area contributed by atoms with Gasteiger partial charge in [-0.3, -0.25) is 4.98 Å². The van der Waals surface area contributed by atoms with Crippen LogP contribution in [0, 0.1) is 0 Å². The van der Waals surface area contributed by atoms with Gasteiger partial charge in [-0.15, -0.1) is 0 Å². The van der Waals surface area contributed by atoms with Gasteiger partial charge in [0.25, 0.3) is 0 Å². The zero-order valence-electron chi connectivity index (χ0n) is 8.15. The molecular formula is C9H14BNO2. The minimum Gasteiger partial charge on any atom is -0.446 e. The van der Waals surface area contributed by atoms with Crippen LogP contribution in [-0.2, 0) is 5.60 Å². The predicted octanol–water partition coefficient (Wildman–Crippen LogP) is 0.130. The third kappa shape index (κ3) is 2.54. The van der Waals surface area contributed by atoms with Crippen LogP contribution in [0.5, 0.6) is 0 Å². The number of hydrogen-bond donors (Lipinski definition) is 2. The Labute approximate surface area is 78.6 Å². The molecule has 0 aliphatic rings. The van der Waals surface area contributed by atoms with Crippen LogP contribution in [-0.4, -0.2) is 22.0 Å². The molecule has 3 nitrogen and oxygen atoms in total. The van der Waals surface area contributed by atoms with Crippen LogP contribution in [0.2, 0.25) is 6.82 Å². The third-order valence-electron chi connectivity index (χ3n) is 1.90. The summed E-state index contributed by atoms with van der Waals surface area (Å²) >= 11 is 0. The molecule has 0 bridgehead atoms. The van der Waals surface area contributed by atoms with E-state index < -0.39 is 12.5 Å². The van der Waals surface area contributed by atoms with Crippen LogP contribution < -0.4 is 5.46 Å². The lowest BCUT2D eigenvalue weighted by atomic mass is 9.65. The first-order chi connectivity index (χ1) is 5.91. The molecule has 70 valence electrons. The van der Waals surface area contributed by atoms with E-state index >= 15 is 0 Å². The summed E-state index contributed by atoms with van der Waals surface area (Å²) in [6.45, 7) is 4.53. The van der Waals surface area contributed by atoms with Crippen molar-refractivity contribution in [1.29, 1.82) is 0 Å². The first kappa shape index (κ1) is 10.2. The molecule has 0 atom stereocenters. The molecule has 0 spiro atoms. The standard InChI is InChI=1S/C9H14BNO2/c1-9(2,12)8-5-4-7(6-11-8)10(3)13/h4-6,12-13H,1-3H3. The molecule has 0 aromatic carbocycles. The van der Waals surface area contributed by atoms with Gasteiger partial charge in [0.05, 0.1) is 5.69 Å². The average molecular weight is 179 g/mol. The second kappa shape index (κ2) is 3.48. The molecule has 13 heavy (non-hydrogen) atoms. The van der Waals surface area contributed by atoms with Gasteiger partial charge in [-0.25, -0.2) is 0 Å². The van der Waals surface area contributed by atoms with Crippen LogP contribution in [0.1, 0.15) is 19.5 Å². The minimum absolute atomic E-state index is 0.511. The van der Waals surface area contributed by atoms with Crippen molar-refractivity contribution < 1.29 is 10.1 Å². The number of aliphatic hydroxyl groups is 1. The van der Waals surface area contributed by atoms with Gasteiger partial charge in [0.15, 0.2) is 0 Å². The molecule has 0 unspecified atom stereocenters. The number of nitrogens with zero attached hydrogens (tertiary/aromatic N) is 1. The largest absolute Gasteiger partial charge is 0.446 e. The van der Waals surface area contributed by atoms with Crippen molar-refractivity contribution in [1.82, 2.24) is 4.98 Å². The summed E-state index contributed by atoms with van der Waals surface area (Å²) in [4.78, 5) is 4.06. The smallest absolute Gasteiger partial charge is 0.321 e. The normalized spacial score (nSPS) is 11.5. The number of aromatic nitrogens is 1. The molecule has 0 saturated carbocycles. The van der Waals surface area contributed by atoms with E-state index in [4.69, 9.17) is 0 Å². The Morgan fingerprint density at radius 1 is 1.38 bits per heavy atom. The minimum atomic E-state index is -0.919. The van der Waals surface area contributed by atoms with Crippen molar-refractivity contribution in [3.63, 3.8) is 0 Å². The van der Waals surface area contributed by atoms with Gasteiger partial charge in [0, 0.05) is 6.20 Å². The van der Waals surface area contributed by atoms with Crippen LogP contribution in [0.4, 0.5) is 0 Å². The Bertz CT molecular complexity index is 277. The molecule has 1 rings (SSSR count). The number of pyridine rings is 1. The quantitative estimate of drug-likeness (QED) is 0.634. The lowest BCUT2D eigenvalue weighted by molar-refractivity contribution is 0.0739. The Morgan fingerprint density at radius 3 is 2.31 bits per heavy atom. The number of hydrogen-bond acceptors (Lipinski definition) is 3. The third-order valence-corrected chi connectivity index (χ3v) is 1.90. The molecule has 0 radical (unpaired) electrons. The molecule has 1 aromatic rings. The van der Waals surface area contributed by atoms with Crippen LogP contribution in [0.25, 0.3) is 0 Å². The Balaban J connectivity index is 2.94. The van der Waals surface area contributed by atoms with E-state index in [-0.39, 0.29) is 0 Å². The molecule has 1 aromatic heterocycles. The molecule has 0 aliphatic heterocycles. The summed E-state index contributed by atoms with van der Waals surface area (Å²) in [6.07, 6.45) is 1.58. The highest BCUT2D eigenvalue weighted by Gasteiger charge is 2.17. The Kier molecular flexibility index (Phi) is 2.73. The fraction of sp³-hybridized carbons (Fsp3) is 0.444. The lowest BCUT2D eigenvalue weighted by Crippen LogP contribution is -2.28. The van der Waals surface area contributed by atoms with E-state index in [9.17, 15) is 10.1 Å². The van der Waals surface area contributed by atoms with E-state index in [2.05, 4.69) is 4.98 Å². The predicted molar refractivity (Wildman–Crippen MR) is 53.0 cm³/mol. The fourth-order valence-corrected chi connectivity index (χ4v) is 1.01. The molecule has 1 heterocycles. The number of rotatable bonds is 2. The molecule has 0 fully saturated rings. The highest BCUT2D eigenvalue weighted by Crippen LogP contribution is 2.15. The summed E-state index contributed by atoms with van der Waals surface area (Å²) in [5.74, 6) is 0. The highest BCUT2D eigenvalue weighted by atomic mass is 16.3. The van der Waals surface area contributed by atoms with Gasteiger partial charge in [0.1, 0.15) is 5.60 Å². The summed E-state index contributed by atoms with van der Waals surface area (Å²) in [7, 11) is 0. The molecule has 0 aliphatic carbocycles. The zero-order chi connectivity index (χ0) is 10.1. The maximum absolute atomic E-state index is 9.59. The fourth-order valence-electron chi connectivity index (χ4n) is 1.01. The lowest BCUT2D eigenvalue weighted by Gasteiger charge is -2.16. The first-order valence-corrected chi connectivity index (χ1v) is 4.28. The summed E-state index contributed by atoms with van der Waals surface area (Å²) in [5.41, 5.74) is 0.446. The maximum Gasteiger partial charge on any atom is 0.321 e. The van der Waals surface area contributed by atoms with Crippen molar-refractivity contribution in [3.05, 3.63) is 24.0 Å². The van der Waals surface area contributed by atoms with Crippen molar-refractivity contribution >= 4 is 12.4 Å². The van der Waals surface area contributed by atoms with Crippen molar-refractivity contribution in [2.24, 2.45) is 0 Å². The summed E-state index contributed by atoms with van der Waals surface area (Å²) in [6, 6.07) is 3.49. The molecular weight excluding hydrogens is 165 g/mol. The van der Waals surface area contributed by atoms with Gasteiger partial charge < -0.3 is 10.1 Å². The van der Waals surface area contributed by atoms with E-state index in [1.807, 2.05) is 0 Å². The van der Waals surface area contributed by atoms with Gasteiger partial charge in [-0.1, -0.05) is 12.9 Å². The van der Waals surface area contributed by atoms with E-state index in [1.165, 1.54) is 0 Å². The van der Waals surface area contributed by atoms with Gasteiger partial charge in [-0.05, 0) is 25.4 Å². The second-order valence-corrected chi connectivity index (χ2v) is 3.71. The zero-order valence-corrected chi connectivity index (χ0v) is 8.15. The highest BCUT2D eigenvalue weighted by molar-refractivity contribution is 6.64. The van der Waals surface area contributed by atoms with Crippen LogP contribution >= 0.6 is 0 Å². The molecule has 2 N–H and O–H groups in total. The van der Waals surface area contributed by atoms with E-state index in [1.54, 1.807) is 39.0 Å². The first-order valence-electron chi connectivity index (χ1n) is 4.28. The van der Waals surface area contributed by atoms with Crippen molar-refractivity contribution in [2.45, 2.75) is 26.3 Å².